The van der Waals surface area contributed by atoms with Crippen molar-refractivity contribution < 1.29 is 9.31 Å². The molecule has 0 amide bonds. The standard InChI is InChI=1S/C23H43BO2/c1-17(2)16-19-8-10-20(11-9-19)21-12-14-22(15-13-21)24(25-7)26-23(5,6)18(3)4/h14,17-21H,8-13,15-16H2,1-7H3. The molecule has 1 atom stereocenters. The van der Waals surface area contributed by atoms with Crippen LogP contribution in [0.2, 0.25) is 0 Å². The van der Waals surface area contributed by atoms with Crippen molar-refractivity contribution in [2.45, 2.75) is 98.5 Å². The van der Waals surface area contributed by atoms with Crippen LogP contribution < -0.4 is 0 Å². The molecule has 0 aromatic carbocycles. The van der Waals surface area contributed by atoms with Crippen molar-refractivity contribution in [3.63, 3.8) is 0 Å². The highest BCUT2D eigenvalue weighted by atomic mass is 16.6. The first kappa shape index (κ1) is 22.0. The van der Waals surface area contributed by atoms with Crippen LogP contribution in [0.15, 0.2) is 11.5 Å². The van der Waals surface area contributed by atoms with Crippen LogP contribution in [0.5, 0.6) is 0 Å². The fourth-order valence-electron chi connectivity index (χ4n) is 4.77. The van der Waals surface area contributed by atoms with Crippen molar-refractivity contribution in [3.05, 3.63) is 11.5 Å². The summed E-state index contributed by atoms with van der Waals surface area (Å²) < 4.78 is 12.0. The summed E-state index contributed by atoms with van der Waals surface area (Å²) in [7, 11) is 1.61. The lowest BCUT2D eigenvalue weighted by Crippen LogP contribution is -2.40. The monoisotopic (exact) mass is 362 g/mol. The fourth-order valence-corrected chi connectivity index (χ4v) is 4.77. The van der Waals surface area contributed by atoms with Crippen molar-refractivity contribution in [1.82, 2.24) is 0 Å². The van der Waals surface area contributed by atoms with Crippen LogP contribution in [0.1, 0.15) is 92.9 Å². The lowest BCUT2D eigenvalue weighted by Gasteiger charge is -2.37. The molecule has 0 aromatic rings. The molecular weight excluding hydrogens is 319 g/mol. The van der Waals surface area contributed by atoms with Gasteiger partial charge in [0.1, 0.15) is 0 Å². The fraction of sp³-hybridized carbons (Fsp3) is 0.913. The summed E-state index contributed by atoms with van der Waals surface area (Å²) in [5.74, 6) is 4.15. The van der Waals surface area contributed by atoms with E-state index in [1.165, 1.54) is 50.4 Å². The molecule has 1 saturated carbocycles. The first-order valence-electron chi connectivity index (χ1n) is 11.1. The van der Waals surface area contributed by atoms with Crippen LogP contribution in [0, 0.1) is 29.6 Å². The Labute approximate surface area is 163 Å². The second-order valence-corrected chi connectivity index (χ2v) is 10.2. The van der Waals surface area contributed by atoms with Crippen LogP contribution in [0.3, 0.4) is 0 Å². The summed E-state index contributed by atoms with van der Waals surface area (Å²) in [6.07, 6.45) is 13.4. The van der Waals surface area contributed by atoms with Crippen molar-refractivity contribution in [3.8, 4) is 0 Å². The summed E-state index contributed by atoms with van der Waals surface area (Å²) in [5.41, 5.74) is 1.21. The highest BCUT2D eigenvalue weighted by Gasteiger charge is 2.36. The van der Waals surface area contributed by atoms with E-state index < -0.39 is 0 Å². The molecule has 0 bridgehead atoms. The van der Waals surface area contributed by atoms with Crippen LogP contribution in [0.4, 0.5) is 0 Å². The number of hydrogen-bond donors (Lipinski definition) is 0. The number of hydrogen-bond acceptors (Lipinski definition) is 2. The zero-order valence-electron chi connectivity index (χ0n) is 18.5. The van der Waals surface area contributed by atoms with Gasteiger partial charge in [0.05, 0.1) is 5.60 Å². The number of rotatable bonds is 8. The van der Waals surface area contributed by atoms with E-state index in [9.17, 15) is 0 Å². The molecule has 0 N–H and O–H groups in total. The summed E-state index contributed by atoms with van der Waals surface area (Å²) in [6, 6.07) is 0. The summed E-state index contributed by atoms with van der Waals surface area (Å²) in [4.78, 5) is 0. The molecule has 2 rings (SSSR count). The molecule has 1 unspecified atom stereocenters. The Morgan fingerprint density at radius 1 is 1.04 bits per heavy atom. The third-order valence-electron chi connectivity index (χ3n) is 7.17. The van der Waals surface area contributed by atoms with E-state index in [0.29, 0.717) is 5.92 Å². The van der Waals surface area contributed by atoms with Gasteiger partial charge in [0.25, 0.3) is 0 Å². The molecule has 0 heterocycles. The predicted octanol–water partition coefficient (Wildman–Crippen LogP) is 6.69. The summed E-state index contributed by atoms with van der Waals surface area (Å²) in [5, 5.41) is 0. The average molecular weight is 362 g/mol. The first-order chi connectivity index (χ1) is 12.2. The van der Waals surface area contributed by atoms with Gasteiger partial charge in [-0.15, -0.1) is 0 Å². The molecule has 3 heteroatoms. The average Bonchev–Trinajstić information content (AvgIpc) is 2.60. The van der Waals surface area contributed by atoms with Gasteiger partial charge in [-0.1, -0.05) is 46.6 Å². The van der Waals surface area contributed by atoms with E-state index in [1.54, 1.807) is 7.11 Å². The van der Waals surface area contributed by atoms with E-state index in [2.05, 4.69) is 47.6 Å². The minimum atomic E-state index is -0.171. The zero-order chi connectivity index (χ0) is 19.3. The molecule has 0 aliphatic heterocycles. The largest absolute Gasteiger partial charge is 0.489 e. The Kier molecular flexibility index (Phi) is 8.28. The van der Waals surface area contributed by atoms with E-state index in [0.717, 1.165) is 30.1 Å². The Morgan fingerprint density at radius 3 is 2.15 bits per heavy atom. The van der Waals surface area contributed by atoms with Gasteiger partial charge in [0, 0.05) is 7.11 Å². The van der Waals surface area contributed by atoms with Crippen LogP contribution in [-0.2, 0) is 9.31 Å². The Bertz CT molecular complexity index is 447. The zero-order valence-corrected chi connectivity index (χ0v) is 18.5. The molecule has 26 heavy (non-hydrogen) atoms. The molecule has 1 fully saturated rings. The van der Waals surface area contributed by atoms with Gasteiger partial charge < -0.3 is 9.31 Å². The third-order valence-corrected chi connectivity index (χ3v) is 7.17. The first-order valence-corrected chi connectivity index (χ1v) is 11.1. The van der Waals surface area contributed by atoms with Crippen LogP contribution in [-0.4, -0.2) is 19.8 Å². The highest BCUT2D eigenvalue weighted by Crippen LogP contribution is 2.41. The van der Waals surface area contributed by atoms with Crippen molar-refractivity contribution in [2.24, 2.45) is 29.6 Å². The second kappa shape index (κ2) is 9.78. The molecule has 2 aliphatic carbocycles. The molecule has 0 spiro atoms. The maximum absolute atomic E-state index is 6.33. The number of allylic oxidation sites excluding steroid dienone is 2. The van der Waals surface area contributed by atoms with Gasteiger partial charge >= 0.3 is 7.12 Å². The van der Waals surface area contributed by atoms with E-state index in [1.807, 2.05) is 0 Å². The van der Waals surface area contributed by atoms with E-state index in [4.69, 9.17) is 9.31 Å². The van der Waals surface area contributed by atoms with Gasteiger partial charge in [-0.2, -0.15) is 0 Å². The molecular formula is C23H43BO2. The summed E-state index contributed by atoms with van der Waals surface area (Å²) >= 11 is 0. The van der Waals surface area contributed by atoms with Crippen molar-refractivity contribution in [2.75, 3.05) is 7.11 Å². The van der Waals surface area contributed by atoms with Crippen molar-refractivity contribution >= 4 is 7.12 Å². The smallest absolute Gasteiger partial charge is 0.410 e. The quantitative estimate of drug-likeness (QED) is 0.448. The highest BCUT2D eigenvalue weighted by molar-refractivity contribution is 6.53. The normalized spacial score (nSPS) is 27.7. The molecule has 0 aromatic heterocycles. The summed E-state index contributed by atoms with van der Waals surface area (Å²) in [6.45, 7) is 13.5. The van der Waals surface area contributed by atoms with Crippen LogP contribution >= 0.6 is 0 Å². The van der Waals surface area contributed by atoms with Gasteiger partial charge in [0.15, 0.2) is 0 Å². The molecule has 150 valence electrons. The Morgan fingerprint density at radius 2 is 1.69 bits per heavy atom. The van der Waals surface area contributed by atoms with E-state index in [-0.39, 0.29) is 12.7 Å². The SMILES string of the molecule is COB(OC(C)(C)C(C)C)C1=CCC(C2CCC(CC(C)C)CC2)CC1. The molecule has 2 nitrogen and oxygen atoms in total. The van der Waals surface area contributed by atoms with Gasteiger partial charge in [-0.25, -0.2) is 0 Å². The maximum Gasteiger partial charge on any atom is 0.489 e. The molecule has 0 radical (unpaired) electrons. The third kappa shape index (κ3) is 6.13. The van der Waals surface area contributed by atoms with Gasteiger partial charge in [-0.05, 0) is 87.4 Å². The lowest BCUT2D eigenvalue weighted by atomic mass is 9.65. The maximum atomic E-state index is 6.33. The Balaban J connectivity index is 1.85. The minimum absolute atomic E-state index is 0.160. The topological polar surface area (TPSA) is 18.5 Å². The second-order valence-electron chi connectivity index (χ2n) is 10.2. The van der Waals surface area contributed by atoms with Gasteiger partial charge in [0.2, 0.25) is 0 Å². The lowest BCUT2D eigenvalue weighted by molar-refractivity contribution is 0.0347. The van der Waals surface area contributed by atoms with Crippen LogP contribution in [0.25, 0.3) is 0 Å². The molecule has 0 saturated heterocycles. The molecule has 2 aliphatic rings. The van der Waals surface area contributed by atoms with Crippen molar-refractivity contribution in [1.29, 1.82) is 0 Å². The Hall–Kier alpha value is -0.275. The minimum Gasteiger partial charge on any atom is -0.410 e. The predicted molar refractivity (Wildman–Crippen MR) is 113 cm³/mol. The van der Waals surface area contributed by atoms with E-state index >= 15 is 0 Å². The van der Waals surface area contributed by atoms with Gasteiger partial charge in [-0.3, -0.25) is 0 Å².